The SMILES string of the molecule is C.C.Cc1nc(C(C)(C)C)c(C)c(C)c1C.Cc1nc(C)c(C)c(C(C)(C)C)c1C. The van der Waals surface area contributed by atoms with Gasteiger partial charge in [0.05, 0.1) is 0 Å². The van der Waals surface area contributed by atoms with Gasteiger partial charge in [-0.05, 0) is 94.2 Å². The van der Waals surface area contributed by atoms with Crippen LogP contribution < -0.4 is 0 Å². The summed E-state index contributed by atoms with van der Waals surface area (Å²) < 4.78 is 0. The minimum atomic E-state index is 0. The predicted molar refractivity (Wildman–Crippen MR) is 137 cm³/mol. The number of hydrogen-bond acceptors (Lipinski definition) is 2. The molecule has 2 rings (SSSR count). The van der Waals surface area contributed by atoms with Crippen molar-refractivity contribution in [2.75, 3.05) is 0 Å². The van der Waals surface area contributed by atoms with Crippen LogP contribution in [-0.4, -0.2) is 9.97 Å². The molecule has 0 N–H and O–H groups in total. The minimum Gasteiger partial charge on any atom is -0.258 e. The molecule has 2 heterocycles. The molecule has 0 aliphatic rings. The molecule has 0 aromatic carbocycles. The molecule has 0 fully saturated rings. The van der Waals surface area contributed by atoms with Crippen LogP contribution in [-0.2, 0) is 10.8 Å². The van der Waals surface area contributed by atoms with Gasteiger partial charge in [0.1, 0.15) is 0 Å². The zero-order chi connectivity index (χ0) is 22.2. The van der Waals surface area contributed by atoms with E-state index in [1.807, 2.05) is 0 Å². The second kappa shape index (κ2) is 10.6. The van der Waals surface area contributed by atoms with Crippen LogP contribution in [0.25, 0.3) is 0 Å². The van der Waals surface area contributed by atoms with E-state index in [4.69, 9.17) is 4.98 Å². The largest absolute Gasteiger partial charge is 0.258 e. The average Bonchev–Trinajstić information content (AvgIpc) is 2.53. The number of rotatable bonds is 0. The highest BCUT2D eigenvalue weighted by Crippen LogP contribution is 2.31. The molecule has 2 aromatic rings. The second-order valence-electron chi connectivity index (χ2n) is 10.3. The molecule has 0 saturated heterocycles. The van der Waals surface area contributed by atoms with Crippen molar-refractivity contribution in [3.8, 4) is 0 Å². The van der Waals surface area contributed by atoms with Gasteiger partial charge < -0.3 is 0 Å². The van der Waals surface area contributed by atoms with Crippen LogP contribution in [0.4, 0.5) is 0 Å². The van der Waals surface area contributed by atoms with Gasteiger partial charge in [0.2, 0.25) is 0 Å². The summed E-state index contributed by atoms with van der Waals surface area (Å²) in [5, 5.41) is 0. The van der Waals surface area contributed by atoms with Crippen molar-refractivity contribution < 1.29 is 0 Å². The predicted octanol–water partition coefficient (Wildman–Crippen LogP) is 8.50. The first-order chi connectivity index (χ1) is 12.5. The first-order valence-corrected chi connectivity index (χ1v) is 10.4. The fourth-order valence-electron chi connectivity index (χ4n) is 3.98. The molecule has 0 aliphatic heterocycles. The summed E-state index contributed by atoms with van der Waals surface area (Å²) in [4.78, 5) is 9.25. The number of pyridine rings is 2. The van der Waals surface area contributed by atoms with E-state index in [-0.39, 0.29) is 25.7 Å². The lowest BCUT2D eigenvalue weighted by Gasteiger charge is -2.26. The molecular weight excluding hydrogens is 364 g/mol. The molecule has 0 saturated carbocycles. The highest BCUT2D eigenvalue weighted by atomic mass is 14.7. The fraction of sp³-hybridized carbons (Fsp3) is 0.643. The van der Waals surface area contributed by atoms with Gasteiger partial charge in [0.25, 0.3) is 0 Å². The van der Waals surface area contributed by atoms with Crippen molar-refractivity contribution >= 4 is 0 Å². The molecule has 0 unspecified atom stereocenters. The van der Waals surface area contributed by atoms with Crippen LogP contribution in [0.1, 0.15) is 113 Å². The topological polar surface area (TPSA) is 25.8 Å². The van der Waals surface area contributed by atoms with Gasteiger partial charge in [0, 0.05) is 28.2 Å². The van der Waals surface area contributed by atoms with Crippen LogP contribution in [0, 0.1) is 55.4 Å². The third-order valence-corrected chi connectivity index (χ3v) is 5.93. The van der Waals surface area contributed by atoms with Crippen molar-refractivity contribution in [3.05, 3.63) is 56.2 Å². The van der Waals surface area contributed by atoms with Crippen molar-refractivity contribution in [1.82, 2.24) is 9.97 Å². The van der Waals surface area contributed by atoms with Crippen molar-refractivity contribution in [3.63, 3.8) is 0 Å². The van der Waals surface area contributed by atoms with E-state index in [1.54, 1.807) is 0 Å². The Morgan fingerprint density at radius 1 is 0.433 bits per heavy atom. The molecule has 30 heavy (non-hydrogen) atoms. The fourth-order valence-corrected chi connectivity index (χ4v) is 3.98. The van der Waals surface area contributed by atoms with E-state index < -0.39 is 0 Å². The molecular formula is C28H50N2. The smallest absolute Gasteiger partial charge is 0.0492 e. The van der Waals surface area contributed by atoms with Gasteiger partial charge in [-0.2, -0.15) is 0 Å². The highest BCUT2D eigenvalue weighted by Gasteiger charge is 2.22. The monoisotopic (exact) mass is 414 g/mol. The zero-order valence-electron chi connectivity index (χ0n) is 20.9. The van der Waals surface area contributed by atoms with Crippen molar-refractivity contribution in [1.29, 1.82) is 0 Å². The summed E-state index contributed by atoms with van der Waals surface area (Å²) in [6.07, 6.45) is 0. The summed E-state index contributed by atoms with van der Waals surface area (Å²) in [5.41, 5.74) is 13.3. The van der Waals surface area contributed by atoms with Gasteiger partial charge >= 0.3 is 0 Å². The first-order valence-electron chi connectivity index (χ1n) is 10.4. The summed E-state index contributed by atoms with van der Waals surface area (Å²) in [5.74, 6) is 0. The Balaban J connectivity index is 0. The molecule has 0 bridgehead atoms. The van der Waals surface area contributed by atoms with Crippen molar-refractivity contribution in [2.45, 2.75) is 123 Å². The zero-order valence-corrected chi connectivity index (χ0v) is 20.9. The Hall–Kier alpha value is -1.70. The molecule has 0 radical (unpaired) electrons. The molecule has 0 amide bonds. The van der Waals surface area contributed by atoms with E-state index in [0.29, 0.717) is 0 Å². The van der Waals surface area contributed by atoms with Crippen LogP contribution in [0.2, 0.25) is 0 Å². The lowest BCUT2D eigenvalue weighted by molar-refractivity contribution is 0.561. The third-order valence-electron chi connectivity index (χ3n) is 5.93. The molecule has 0 atom stereocenters. The molecule has 2 nitrogen and oxygen atoms in total. The summed E-state index contributed by atoms with van der Waals surface area (Å²) >= 11 is 0. The average molecular weight is 415 g/mol. The van der Waals surface area contributed by atoms with E-state index in [2.05, 4.69) is 102 Å². The standard InChI is InChI=1S/2C13H21N.2CH4/c1-8-10(3)14-11(4)9(2)12(8)13(5,6)7;1-8-9(2)11(4)14-12(10(8)3)13(5,6)7;;/h2*1-7H3;2*1H4. The van der Waals surface area contributed by atoms with E-state index in [1.165, 1.54) is 39.1 Å². The molecule has 172 valence electrons. The maximum atomic E-state index is 4.70. The number of aromatic nitrogens is 2. The summed E-state index contributed by atoms with van der Waals surface area (Å²) in [6.45, 7) is 30.6. The van der Waals surface area contributed by atoms with Crippen LogP contribution in [0.15, 0.2) is 0 Å². The van der Waals surface area contributed by atoms with Crippen LogP contribution in [0.3, 0.4) is 0 Å². The maximum Gasteiger partial charge on any atom is 0.0492 e. The summed E-state index contributed by atoms with van der Waals surface area (Å²) in [6, 6.07) is 0. The van der Waals surface area contributed by atoms with E-state index in [0.717, 1.165) is 17.1 Å². The second-order valence-corrected chi connectivity index (χ2v) is 10.3. The van der Waals surface area contributed by atoms with E-state index >= 15 is 0 Å². The lowest BCUT2D eigenvalue weighted by atomic mass is 9.80. The quantitative estimate of drug-likeness (QED) is 0.432. The number of nitrogens with zero attached hydrogens (tertiary/aromatic N) is 2. The van der Waals surface area contributed by atoms with E-state index in [9.17, 15) is 0 Å². The molecule has 0 spiro atoms. The van der Waals surface area contributed by atoms with Crippen LogP contribution >= 0.6 is 0 Å². The Labute approximate surface area is 189 Å². The Kier molecular flexibility index (Phi) is 10.7. The summed E-state index contributed by atoms with van der Waals surface area (Å²) in [7, 11) is 0. The molecule has 2 aromatic heterocycles. The molecule has 2 heteroatoms. The number of aryl methyl sites for hydroxylation is 3. The van der Waals surface area contributed by atoms with Gasteiger partial charge in [-0.1, -0.05) is 56.4 Å². The number of hydrogen-bond donors (Lipinski definition) is 0. The Morgan fingerprint density at radius 2 is 0.800 bits per heavy atom. The Morgan fingerprint density at radius 3 is 1.13 bits per heavy atom. The van der Waals surface area contributed by atoms with Gasteiger partial charge in [-0.15, -0.1) is 0 Å². The first kappa shape index (κ1) is 30.5. The van der Waals surface area contributed by atoms with Gasteiger partial charge in [-0.3, -0.25) is 9.97 Å². The normalized spacial score (nSPS) is 11.1. The van der Waals surface area contributed by atoms with Gasteiger partial charge in [-0.25, -0.2) is 0 Å². The highest BCUT2D eigenvalue weighted by molar-refractivity contribution is 5.42. The maximum absolute atomic E-state index is 4.70. The third kappa shape index (κ3) is 6.65. The van der Waals surface area contributed by atoms with Crippen molar-refractivity contribution in [2.24, 2.45) is 0 Å². The molecule has 0 aliphatic carbocycles. The Bertz CT molecular complexity index is 834. The van der Waals surface area contributed by atoms with Gasteiger partial charge in [0.15, 0.2) is 0 Å². The van der Waals surface area contributed by atoms with Crippen LogP contribution in [0.5, 0.6) is 0 Å². The minimum absolute atomic E-state index is 0. The lowest BCUT2D eigenvalue weighted by Crippen LogP contribution is -2.17.